The van der Waals surface area contributed by atoms with Crippen molar-refractivity contribution in [2.75, 3.05) is 0 Å². The fourth-order valence-corrected chi connectivity index (χ4v) is 10.1. The smallest absolute Gasteiger partial charge is 0.339 e. The van der Waals surface area contributed by atoms with E-state index in [1.807, 2.05) is 91.8 Å². The molecule has 0 spiro atoms. The summed E-state index contributed by atoms with van der Waals surface area (Å²) in [5.74, 6) is 3.96. The summed E-state index contributed by atoms with van der Waals surface area (Å²) in [4.78, 5) is 13.9. The van der Waals surface area contributed by atoms with Crippen molar-refractivity contribution in [2.24, 2.45) is 0 Å². The zero-order valence-electron chi connectivity index (χ0n) is 45.5. The van der Waals surface area contributed by atoms with E-state index in [1.165, 1.54) is 67.1 Å². The van der Waals surface area contributed by atoms with Crippen LogP contribution in [-0.4, -0.2) is 28.7 Å². The van der Waals surface area contributed by atoms with Crippen molar-refractivity contribution in [1.82, 2.24) is 28.7 Å². The number of hydrogen-bond donors (Lipinski definition) is 0. The molecule has 7 heteroatoms. The van der Waals surface area contributed by atoms with Crippen molar-refractivity contribution in [3.8, 4) is 84.6 Å². The summed E-state index contributed by atoms with van der Waals surface area (Å²) < 4.78 is 6.59. The average Bonchev–Trinajstić information content (AvgIpc) is 4.39. The Morgan fingerprint density at radius 3 is 0.810 bits per heavy atom. The van der Waals surface area contributed by atoms with Gasteiger partial charge in [-0.15, -0.1) is 108 Å². The number of benzene rings is 9. The number of nitrogens with zero attached hydrogens (tertiary/aromatic N) is 6. The maximum absolute atomic E-state index is 4.63. The minimum Gasteiger partial charge on any atom is -0.339 e. The van der Waals surface area contributed by atoms with Gasteiger partial charge in [0.15, 0.2) is 0 Å². The first-order chi connectivity index (χ1) is 38.3. The van der Waals surface area contributed by atoms with E-state index in [1.54, 1.807) is 0 Å². The maximum Gasteiger partial charge on any atom is 3.00 e. The number of rotatable bonds is 12. The van der Waals surface area contributed by atoms with E-state index in [0.29, 0.717) is 17.8 Å². The van der Waals surface area contributed by atoms with Gasteiger partial charge in [-0.2, -0.15) is 0 Å². The minimum atomic E-state index is 0. The Balaban J connectivity index is 0.000000143. The molecule has 0 aliphatic rings. The van der Waals surface area contributed by atoms with Crippen LogP contribution >= 0.6 is 0 Å². The largest absolute Gasteiger partial charge is 3.00 e. The minimum absolute atomic E-state index is 0. The third-order valence-electron chi connectivity index (χ3n) is 13.8. The molecule has 12 aromatic rings. The van der Waals surface area contributed by atoms with Crippen molar-refractivity contribution < 1.29 is 20.1 Å². The molecule has 0 saturated heterocycles. The van der Waals surface area contributed by atoms with E-state index in [-0.39, 0.29) is 20.1 Å². The fraction of sp³-hybridized carbons (Fsp3) is 0.125. The Morgan fingerprint density at radius 2 is 0.570 bits per heavy atom. The quantitative estimate of drug-likeness (QED) is 0.115. The van der Waals surface area contributed by atoms with Gasteiger partial charge in [-0.25, -0.2) is 0 Å². The molecule has 0 saturated carbocycles. The first-order valence-electron chi connectivity index (χ1n) is 26.8. The van der Waals surface area contributed by atoms with Crippen LogP contribution in [0.2, 0.25) is 0 Å². The zero-order valence-corrected chi connectivity index (χ0v) is 47.9. The second-order valence-corrected chi connectivity index (χ2v) is 20.0. The van der Waals surface area contributed by atoms with Crippen LogP contribution in [0.1, 0.15) is 76.0 Å². The summed E-state index contributed by atoms with van der Waals surface area (Å²) in [5, 5.41) is 0. The molecule has 0 aliphatic heterocycles. The van der Waals surface area contributed by atoms with Crippen LogP contribution in [0.3, 0.4) is 0 Å². The maximum atomic E-state index is 4.63. The Morgan fingerprint density at radius 1 is 0.304 bits per heavy atom. The van der Waals surface area contributed by atoms with Crippen LogP contribution in [0.15, 0.2) is 256 Å². The number of para-hydroxylation sites is 3. The molecule has 0 fully saturated rings. The Labute approximate surface area is 480 Å². The third-order valence-corrected chi connectivity index (χ3v) is 13.8. The first-order valence-corrected chi connectivity index (χ1v) is 26.8. The molecule has 12 rings (SSSR count). The summed E-state index contributed by atoms with van der Waals surface area (Å²) in [7, 11) is 0. The van der Waals surface area contributed by atoms with E-state index >= 15 is 0 Å². The molecule has 0 aliphatic carbocycles. The van der Waals surface area contributed by atoms with Crippen molar-refractivity contribution in [2.45, 2.75) is 59.3 Å². The fourth-order valence-electron chi connectivity index (χ4n) is 10.1. The van der Waals surface area contributed by atoms with Crippen LogP contribution < -0.4 is 0 Å². The summed E-state index contributed by atoms with van der Waals surface area (Å²) in [6.45, 7) is 13.4. The van der Waals surface area contributed by atoms with Gasteiger partial charge in [-0.05, 0) is 51.1 Å². The van der Waals surface area contributed by atoms with Gasteiger partial charge >= 0.3 is 20.1 Å². The normalized spacial score (nSPS) is 10.9. The zero-order chi connectivity index (χ0) is 53.8. The van der Waals surface area contributed by atoms with Gasteiger partial charge in [0.05, 0.1) is 17.5 Å². The van der Waals surface area contributed by atoms with Crippen molar-refractivity contribution in [3.63, 3.8) is 0 Å². The van der Waals surface area contributed by atoms with Gasteiger partial charge < -0.3 is 13.7 Å². The molecule has 390 valence electrons. The topological polar surface area (TPSA) is 53.5 Å². The SMILES string of the molecule is CC(C)c1cccc(-c2ccccc2)c1-n1ccnc1-c1[c-]cccc1.CC(C)c1cccc(-c2ccccc2)c1-n1ccnc1-c1[c-]cccc1.CC(C)c1cccc(-c2ccccc2)c1-n1ccnc1-c1[c-]cccc1.[Ir+3]. The molecular weight excluding hydrogens is 1140 g/mol. The van der Waals surface area contributed by atoms with E-state index in [0.717, 1.165) is 34.2 Å². The van der Waals surface area contributed by atoms with E-state index < -0.39 is 0 Å². The monoisotopic (exact) mass is 1200 g/mol. The Kier molecular flexibility index (Phi) is 18.2. The number of aromatic nitrogens is 6. The molecule has 0 radical (unpaired) electrons. The molecular formula is C72H63IrN6. The van der Waals surface area contributed by atoms with Gasteiger partial charge in [0.2, 0.25) is 0 Å². The summed E-state index contributed by atoms with van der Waals surface area (Å²) in [6, 6.07) is 85.2. The molecule has 0 bridgehead atoms. The Hall–Kier alpha value is -8.74. The predicted molar refractivity (Wildman–Crippen MR) is 322 cm³/mol. The van der Waals surface area contributed by atoms with Crippen LogP contribution in [0.5, 0.6) is 0 Å². The summed E-state index contributed by atoms with van der Waals surface area (Å²) in [6.07, 6.45) is 11.7. The first kappa shape index (κ1) is 55.0. The average molecular weight is 1200 g/mol. The number of imidazole rings is 3. The van der Waals surface area contributed by atoms with Crippen molar-refractivity contribution in [1.29, 1.82) is 0 Å². The van der Waals surface area contributed by atoms with Gasteiger partial charge in [-0.3, -0.25) is 15.0 Å². The van der Waals surface area contributed by atoms with Gasteiger partial charge in [0.25, 0.3) is 0 Å². The molecule has 79 heavy (non-hydrogen) atoms. The molecule has 0 amide bonds. The Bertz CT molecular complexity index is 3410. The second kappa shape index (κ2) is 26.1. The molecule has 0 atom stereocenters. The van der Waals surface area contributed by atoms with Crippen LogP contribution in [0.4, 0.5) is 0 Å². The molecule has 0 unspecified atom stereocenters. The predicted octanol–water partition coefficient (Wildman–Crippen LogP) is 18.4. The summed E-state index contributed by atoms with van der Waals surface area (Å²) in [5.41, 5.74) is 17.8. The molecule has 6 nitrogen and oxygen atoms in total. The van der Waals surface area contributed by atoms with Gasteiger partial charge in [-0.1, -0.05) is 187 Å². The van der Waals surface area contributed by atoms with Crippen LogP contribution in [0, 0.1) is 18.2 Å². The number of hydrogen-bond acceptors (Lipinski definition) is 3. The van der Waals surface area contributed by atoms with Crippen molar-refractivity contribution >= 4 is 0 Å². The standard InChI is InChI=1S/3C24H21N2.Ir/c3*1-18(2)21-14-9-15-22(19-10-5-3-6-11-19)23(21)26-17-16-25-24(26)20-12-7-4-8-13-20;/h3*3-12,14-18H,1-2H3;/q3*-1;+3. The van der Waals surface area contributed by atoms with E-state index in [2.05, 4.69) is 252 Å². The van der Waals surface area contributed by atoms with Gasteiger partial charge in [0, 0.05) is 70.9 Å². The van der Waals surface area contributed by atoms with E-state index in [9.17, 15) is 0 Å². The molecule has 3 heterocycles. The third kappa shape index (κ3) is 12.4. The molecule has 9 aromatic carbocycles. The molecule has 0 N–H and O–H groups in total. The molecule has 3 aromatic heterocycles. The van der Waals surface area contributed by atoms with E-state index in [4.69, 9.17) is 0 Å². The van der Waals surface area contributed by atoms with Gasteiger partial charge in [0.1, 0.15) is 0 Å². The van der Waals surface area contributed by atoms with Crippen molar-refractivity contribution in [3.05, 3.63) is 290 Å². The second-order valence-electron chi connectivity index (χ2n) is 20.0. The summed E-state index contributed by atoms with van der Waals surface area (Å²) >= 11 is 0. The van der Waals surface area contributed by atoms with Crippen LogP contribution in [0.25, 0.3) is 84.6 Å². The van der Waals surface area contributed by atoms with Crippen LogP contribution in [-0.2, 0) is 20.1 Å².